The topological polar surface area (TPSA) is 58.2 Å². The fourth-order valence-electron chi connectivity index (χ4n) is 3.95. The number of halogens is 1. The van der Waals surface area contributed by atoms with Crippen molar-refractivity contribution in [2.24, 2.45) is 0 Å². The summed E-state index contributed by atoms with van der Waals surface area (Å²) < 4.78 is 14.1. The summed E-state index contributed by atoms with van der Waals surface area (Å²) in [7, 11) is 0. The zero-order valence-corrected chi connectivity index (χ0v) is 20.5. The van der Waals surface area contributed by atoms with Crippen molar-refractivity contribution in [1.82, 2.24) is 0 Å². The lowest BCUT2D eigenvalue weighted by atomic mass is 10.1. The zero-order valence-electron chi connectivity index (χ0n) is 19.7. The minimum atomic E-state index is -0.598. The molecule has 0 aromatic heterocycles. The number of hydrogen-bond acceptors (Lipinski definition) is 3. The summed E-state index contributed by atoms with van der Waals surface area (Å²) in [5.74, 6) is -1.01. The highest BCUT2D eigenvalue weighted by Crippen LogP contribution is 2.37. The van der Waals surface area contributed by atoms with Crippen LogP contribution in [0.1, 0.15) is 21.2 Å². The zero-order chi connectivity index (χ0) is 25.6. The summed E-state index contributed by atoms with van der Waals surface area (Å²) in [5, 5.41) is 7.11. The molecule has 0 saturated heterocycles. The number of para-hydroxylation sites is 1. The van der Waals surface area contributed by atoms with Gasteiger partial charge in [-0.3, -0.25) is 9.59 Å². The molecule has 0 saturated carbocycles. The number of fused-ring (bicyclic) bond motifs is 1. The molecule has 1 unspecified atom stereocenters. The van der Waals surface area contributed by atoms with Gasteiger partial charge in [-0.1, -0.05) is 72.8 Å². The molecule has 0 spiro atoms. The number of carbonyl (C=O) groups excluding carboxylic acids is 2. The minimum absolute atomic E-state index is 0.140. The van der Waals surface area contributed by atoms with Crippen molar-refractivity contribution in [2.75, 3.05) is 10.6 Å². The van der Waals surface area contributed by atoms with Gasteiger partial charge in [-0.25, -0.2) is 4.39 Å². The normalized spacial score (nSPS) is 11.6. The highest BCUT2D eigenvalue weighted by atomic mass is 32.2. The molecule has 0 aliphatic heterocycles. The molecule has 5 aromatic carbocycles. The van der Waals surface area contributed by atoms with Gasteiger partial charge in [0.1, 0.15) is 11.1 Å². The van der Waals surface area contributed by atoms with Crippen LogP contribution >= 0.6 is 11.8 Å². The maximum absolute atomic E-state index is 14.1. The first kappa shape index (κ1) is 24.3. The SMILES string of the molecule is O=C(Nc1ccc(SC(C(=O)Nc2ccccc2F)c2ccccc2)cc1)c1ccc2ccccc2c1. The van der Waals surface area contributed by atoms with E-state index in [0.717, 1.165) is 21.2 Å². The first-order valence-corrected chi connectivity index (χ1v) is 12.6. The van der Waals surface area contributed by atoms with Crippen molar-refractivity contribution in [1.29, 1.82) is 0 Å². The first-order valence-electron chi connectivity index (χ1n) is 11.7. The molecule has 0 heterocycles. The van der Waals surface area contributed by atoms with Gasteiger partial charge in [0.2, 0.25) is 5.91 Å². The highest BCUT2D eigenvalue weighted by molar-refractivity contribution is 8.00. The van der Waals surface area contributed by atoms with Crippen LogP contribution in [-0.4, -0.2) is 11.8 Å². The van der Waals surface area contributed by atoms with E-state index in [1.54, 1.807) is 30.3 Å². The molecule has 0 bridgehead atoms. The Labute approximate surface area is 218 Å². The molecule has 0 fully saturated rings. The molecule has 6 heteroatoms. The van der Waals surface area contributed by atoms with Crippen molar-refractivity contribution in [3.8, 4) is 0 Å². The molecule has 37 heavy (non-hydrogen) atoms. The van der Waals surface area contributed by atoms with E-state index in [2.05, 4.69) is 10.6 Å². The minimum Gasteiger partial charge on any atom is -0.322 e. The second-order valence-corrected chi connectivity index (χ2v) is 9.60. The molecular formula is C31H23FN2O2S. The van der Waals surface area contributed by atoms with Gasteiger partial charge in [-0.15, -0.1) is 11.8 Å². The Kier molecular flexibility index (Phi) is 7.28. The van der Waals surface area contributed by atoms with Crippen molar-refractivity contribution < 1.29 is 14.0 Å². The fraction of sp³-hybridized carbons (Fsp3) is 0.0323. The number of benzene rings is 5. The Bertz CT molecular complexity index is 1560. The average Bonchev–Trinajstić information content (AvgIpc) is 2.94. The van der Waals surface area contributed by atoms with Crippen LogP contribution in [0.25, 0.3) is 10.8 Å². The van der Waals surface area contributed by atoms with E-state index in [0.29, 0.717) is 11.3 Å². The monoisotopic (exact) mass is 506 g/mol. The number of carbonyl (C=O) groups is 2. The summed E-state index contributed by atoms with van der Waals surface area (Å²) in [4.78, 5) is 26.8. The first-order chi connectivity index (χ1) is 18.1. The highest BCUT2D eigenvalue weighted by Gasteiger charge is 2.23. The molecule has 2 N–H and O–H groups in total. The van der Waals surface area contributed by atoms with Crippen LogP contribution in [0.5, 0.6) is 0 Å². The van der Waals surface area contributed by atoms with Crippen LogP contribution in [0.3, 0.4) is 0 Å². The van der Waals surface area contributed by atoms with Crippen LogP contribution in [0, 0.1) is 5.82 Å². The summed E-state index contributed by atoms with van der Waals surface area (Å²) in [6, 6.07) is 36.3. The standard InChI is InChI=1S/C31H23FN2O2S/c32-27-12-6-7-13-28(27)34-31(36)29(22-9-2-1-3-10-22)37-26-18-16-25(17-19-26)33-30(35)24-15-14-21-8-4-5-11-23(21)20-24/h1-20,29H,(H,33,35)(H,34,36). The largest absolute Gasteiger partial charge is 0.322 e. The Hall–Kier alpha value is -4.42. The quantitative estimate of drug-likeness (QED) is 0.222. The third kappa shape index (κ3) is 5.88. The molecule has 0 aliphatic carbocycles. The van der Waals surface area contributed by atoms with Crippen molar-refractivity contribution in [3.05, 3.63) is 138 Å². The van der Waals surface area contributed by atoms with E-state index in [1.165, 1.54) is 23.9 Å². The lowest BCUT2D eigenvalue weighted by Crippen LogP contribution is -2.19. The molecule has 182 valence electrons. The lowest BCUT2D eigenvalue weighted by Gasteiger charge is -2.17. The van der Waals surface area contributed by atoms with Gasteiger partial charge in [0.15, 0.2) is 0 Å². The van der Waals surface area contributed by atoms with E-state index < -0.39 is 11.1 Å². The van der Waals surface area contributed by atoms with Crippen LogP contribution in [0.2, 0.25) is 0 Å². The summed E-state index contributed by atoms with van der Waals surface area (Å²) >= 11 is 1.35. The van der Waals surface area contributed by atoms with E-state index in [9.17, 15) is 14.0 Å². The predicted octanol–water partition coefficient (Wildman–Crippen LogP) is 7.70. The summed E-state index contributed by atoms with van der Waals surface area (Å²) in [5.41, 5.74) is 2.16. The van der Waals surface area contributed by atoms with Crippen molar-refractivity contribution >= 4 is 45.7 Å². The van der Waals surface area contributed by atoms with Gasteiger partial charge < -0.3 is 10.6 Å². The van der Waals surface area contributed by atoms with Gasteiger partial charge in [0.25, 0.3) is 5.91 Å². The van der Waals surface area contributed by atoms with Crippen molar-refractivity contribution in [2.45, 2.75) is 10.1 Å². The van der Waals surface area contributed by atoms with E-state index in [1.807, 2.05) is 78.9 Å². The van der Waals surface area contributed by atoms with Crippen LogP contribution in [-0.2, 0) is 4.79 Å². The molecule has 1 atom stereocenters. The fourth-order valence-corrected chi connectivity index (χ4v) is 4.97. The number of rotatable bonds is 7. The Morgan fingerprint density at radius 1 is 0.676 bits per heavy atom. The van der Waals surface area contributed by atoms with Gasteiger partial charge in [0.05, 0.1) is 5.69 Å². The Balaban J connectivity index is 1.31. The third-order valence-electron chi connectivity index (χ3n) is 5.85. The van der Waals surface area contributed by atoms with Gasteiger partial charge >= 0.3 is 0 Å². The van der Waals surface area contributed by atoms with Crippen LogP contribution in [0.4, 0.5) is 15.8 Å². The number of hydrogen-bond donors (Lipinski definition) is 2. The Morgan fingerprint density at radius 2 is 1.35 bits per heavy atom. The number of thioether (sulfide) groups is 1. The summed E-state index contributed by atoms with van der Waals surface area (Å²) in [6.07, 6.45) is 0. The number of anilines is 2. The molecular weight excluding hydrogens is 483 g/mol. The van der Waals surface area contributed by atoms with E-state index in [4.69, 9.17) is 0 Å². The summed E-state index contributed by atoms with van der Waals surface area (Å²) in [6.45, 7) is 0. The molecule has 5 aromatic rings. The second-order valence-electron chi connectivity index (χ2n) is 8.42. The van der Waals surface area contributed by atoms with Gasteiger partial charge in [-0.05, 0) is 64.9 Å². The van der Waals surface area contributed by atoms with Crippen molar-refractivity contribution in [3.63, 3.8) is 0 Å². The third-order valence-corrected chi connectivity index (χ3v) is 7.12. The molecule has 0 radical (unpaired) electrons. The maximum Gasteiger partial charge on any atom is 0.255 e. The molecule has 5 rings (SSSR count). The predicted molar refractivity (Wildman–Crippen MR) is 148 cm³/mol. The Morgan fingerprint density at radius 3 is 2.11 bits per heavy atom. The molecule has 2 amide bonds. The van der Waals surface area contributed by atoms with Gasteiger partial charge in [-0.2, -0.15) is 0 Å². The second kappa shape index (κ2) is 11.1. The van der Waals surface area contributed by atoms with Crippen LogP contribution in [0.15, 0.2) is 126 Å². The maximum atomic E-state index is 14.1. The number of amides is 2. The lowest BCUT2D eigenvalue weighted by molar-refractivity contribution is -0.115. The van der Waals surface area contributed by atoms with E-state index >= 15 is 0 Å². The average molecular weight is 507 g/mol. The van der Waals surface area contributed by atoms with Crippen LogP contribution < -0.4 is 10.6 Å². The van der Waals surface area contributed by atoms with Gasteiger partial charge in [0, 0.05) is 16.1 Å². The molecule has 4 nitrogen and oxygen atoms in total. The van der Waals surface area contributed by atoms with E-state index in [-0.39, 0.29) is 17.5 Å². The smallest absolute Gasteiger partial charge is 0.255 e. The molecule has 0 aliphatic rings. The number of nitrogens with one attached hydrogen (secondary N) is 2.